The molecule has 70 valence electrons. The lowest BCUT2D eigenvalue weighted by atomic mass is 9.94. The summed E-state index contributed by atoms with van der Waals surface area (Å²) in [5, 5.41) is 8.78. The van der Waals surface area contributed by atoms with Crippen LogP contribution in [0.1, 0.15) is 32.1 Å². The average molecular weight is 189 g/mol. The van der Waals surface area contributed by atoms with Gasteiger partial charge in [-0.05, 0) is 12.8 Å². The Hall–Kier alpha value is -0.380. The normalized spacial score (nSPS) is 21.8. The minimum absolute atomic E-state index is 0.413. The maximum atomic E-state index is 10.7. The predicted octanol–water partition coefficient (Wildman–Crippen LogP) is 2.19. The zero-order chi connectivity index (χ0) is 9.19. The van der Waals surface area contributed by atoms with Crippen LogP contribution in [-0.2, 0) is 0 Å². The Bertz CT molecular complexity index is 178. The lowest BCUT2D eigenvalue weighted by molar-refractivity contribution is 0.115. The molecule has 0 unspecified atom stereocenters. The molecule has 0 aromatic carbocycles. The zero-order valence-electron chi connectivity index (χ0n) is 7.29. The van der Waals surface area contributed by atoms with Crippen molar-refractivity contribution in [3.8, 4) is 0 Å². The standard InChI is InChI=1S/C8H15NO2S/c1-9(7(10)11)8(12)5-3-2-4-6-8/h12H,2-6H2,1H3,(H,10,11). The molecule has 0 heterocycles. The van der Waals surface area contributed by atoms with Gasteiger partial charge in [0.05, 0.1) is 4.87 Å². The van der Waals surface area contributed by atoms with Crippen molar-refractivity contribution in [2.75, 3.05) is 7.05 Å². The summed E-state index contributed by atoms with van der Waals surface area (Å²) >= 11 is 4.43. The summed E-state index contributed by atoms with van der Waals surface area (Å²) in [5.41, 5.74) is 0. The van der Waals surface area contributed by atoms with E-state index in [1.807, 2.05) is 0 Å². The number of rotatable bonds is 1. The van der Waals surface area contributed by atoms with Gasteiger partial charge in [-0.15, -0.1) is 0 Å². The first-order chi connectivity index (χ1) is 5.56. The van der Waals surface area contributed by atoms with E-state index in [0.717, 1.165) is 25.7 Å². The second-order valence-corrected chi connectivity index (χ2v) is 4.22. The van der Waals surface area contributed by atoms with Crippen molar-refractivity contribution >= 4 is 18.7 Å². The van der Waals surface area contributed by atoms with Crippen LogP contribution in [0, 0.1) is 0 Å². The highest BCUT2D eigenvalue weighted by atomic mass is 32.1. The third kappa shape index (κ3) is 1.86. The fourth-order valence-corrected chi connectivity index (χ4v) is 2.03. The molecule has 1 amide bonds. The maximum absolute atomic E-state index is 10.7. The van der Waals surface area contributed by atoms with Crippen molar-refractivity contribution in [3.05, 3.63) is 0 Å². The third-order valence-electron chi connectivity index (χ3n) is 2.57. The van der Waals surface area contributed by atoms with E-state index in [1.54, 1.807) is 7.05 Å². The molecule has 0 aromatic rings. The monoisotopic (exact) mass is 189 g/mol. The molecule has 0 bridgehead atoms. The van der Waals surface area contributed by atoms with E-state index in [0.29, 0.717) is 0 Å². The molecular formula is C8H15NO2S. The number of hydrogen-bond acceptors (Lipinski definition) is 2. The van der Waals surface area contributed by atoms with Crippen LogP contribution >= 0.6 is 12.6 Å². The summed E-state index contributed by atoms with van der Waals surface area (Å²) in [6, 6.07) is 0. The Morgan fingerprint density at radius 3 is 2.33 bits per heavy atom. The van der Waals surface area contributed by atoms with Gasteiger partial charge >= 0.3 is 6.09 Å². The minimum Gasteiger partial charge on any atom is -0.465 e. The van der Waals surface area contributed by atoms with E-state index in [1.165, 1.54) is 11.3 Å². The minimum atomic E-state index is -0.883. The van der Waals surface area contributed by atoms with E-state index < -0.39 is 11.0 Å². The average Bonchev–Trinajstić information content (AvgIpc) is 2.04. The molecule has 0 radical (unpaired) electrons. The molecule has 1 N–H and O–H groups in total. The van der Waals surface area contributed by atoms with Crippen molar-refractivity contribution in [1.82, 2.24) is 4.90 Å². The van der Waals surface area contributed by atoms with Gasteiger partial charge in [0, 0.05) is 7.05 Å². The van der Waals surface area contributed by atoms with Crippen molar-refractivity contribution in [2.24, 2.45) is 0 Å². The largest absolute Gasteiger partial charge is 0.465 e. The van der Waals surface area contributed by atoms with E-state index in [4.69, 9.17) is 5.11 Å². The van der Waals surface area contributed by atoms with Crippen LogP contribution in [0.5, 0.6) is 0 Å². The Morgan fingerprint density at radius 2 is 1.92 bits per heavy atom. The topological polar surface area (TPSA) is 40.5 Å². The number of hydrogen-bond donors (Lipinski definition) is 2. The van der Waals surface area contributed by atoms with E-state index >= 15 is 0 Å². The molecule has 1 aliphatic carbocycles. The van der Waals surface area contributed by atoms with Crippen LogP contribution in [-0.4, -0.2) is 28.0 Å². The van der Waals surface area contributed by atoms with Gasteiger partial charge in [-0.25, -0.2) is 4.79 Å². The summed E-state index contributed by atoms with van der Waals surface area (Å²) in [6.07, 6.45) is 4.24. The van der Waals surface area contributed by atoms with Crippen molar-refractivity contribution in [2.45, 2.75) is 37.0 Å². The molecule has 0 aliphatic heterocycles. The van der Waals surface area contributed by atoms with E-state index in [-0.39, 0.29) is 0 Å². The number of nitrogens with zero attached hydrogens (tertiary/aromatic N) is 1. The molecule has 0 spiro atoms. The molecule has 12 heavy (non-hydrogen) atoms. The summed E-state index contributed by atoms with van der Waals surface area (Å²) in [7, 11) is 1.60. The summed E-state index contributed by atoms with van der Waals surface area (Å²) < 4.78 is 0. The van der Waals surface area contributed by atoms with Crippen LogP contribution in [0.2, 0.25) is 0 Å². The number of amides is 1. The van der Waals surface area contributed by atoms with Gasteiger partial charge < -0.3 is 5.11 Å². The smallest absolute Gasteiger partial charge is 0.408 e. The second kappa shape index (κ2) is 3.56. The fraction of sp³-hybridized carbons (Fsp3) is 0.875. The molecule has 1 rings (SSSR count). The van der Waals surface area contributed by atoms with Crippen LogP contribution in [0.25, 0.3) is 0 Å². The maximum Gasteiger partial charge on any atom is 0.408 e. The van der Waals surface area contributed by atoms with E-state index in [9.17, 15) is 4.79 Å². The summed E-state index contributed by atoms with van der Waals surface area (Å²) in [6.45, 7) is 0. The first-order valence-corrected chi connectivity index (χ1v) is 4.70. The summed E-state index contributed by atoms with van der Waals surface area (Å²) in [4.78, 5) is 11.6. The summed E-state index contributed by atoms with van der Waals surface area (Å²) in [5.74, 6) is 0. The molecule has 1 saturated carbocycles. The Balaban J connectivity index is 2.62. The molecule has 1 fully saturated rings. The Labute approximate surface area is 78.2 Å². The Kier molecular flexibility index (Phi) is 2.88. The van der Waals surface area contributed by atoms with Gasteiger partial charge in [0.25, 0.3) is 0 Å². The van der Waals surface area contributed by atoms with Gasteiger partial charge in [-0.2, -0.15) is 12.6 Å². The van der Waals surface area contributed by atoms with Crippen LogP contribution in [0.15, 0.2) is 0 Å². The Morgan fingerprint density at radius 1 is 1.42 bits per heavy atom. The lowest BCUT2D eigenvalue weighted by Crippen LogP contribution is -2.45. The quantitative estimate of drug-likeness (QED) is 0.490. The highest BCUT2D eigenvalue weighted by molar-refractivity contribution is 7.81. The van der Waals surface area contributed by atoms with Gasteiger partial charge in [0.1, 0.15) is 0 Å². The first-order valence-electron chi connectivity index (χ1n) is 4.25. The number of thiol groups is 1. The van der Waals surface area contributed by atoms with E-state index in [2.05, 4.69) is 12.6 Å². The van der Waals surface area contributed by atoms with Crippen LogP contribution in [0.3, 0.4) is 0 Å². The van der Waals surface area contributed by atoms with Crippen molar-refractivity contribution in [1.29, 1.82) is 0 Å². The lowest BCUT2D eigenvalue weighted by Gasteiger charge is -2.39. The highest BCUT2D eigenvalue weighted by Crippen LogP contribution is 2.35. The highest BCUT2D eigenvalue weighted by Gasteiger charge is 2.34. The first kappa shape index (κ1) is 9.71. The van der Waals surface area contributed by atoms with Gasteiger partial charge in [-0.1, -0.05) is 19.3 Å². The zero-order valence-corrected chi connectivity index (χ0v) is 8.18. The molecule has 1 aliphatic rings. The van der Waals surface area contributed by atoms with Gasteiger partial charge in [0.15, 0.2) is 0 Å². The predicted molar refractivity (Wildman–Crippen MR) is 50.6 cm³/mol. The molecule has 0 atom stereocenters. The second-order valence-electron chi connectivity index (χ2n) is 3.38. The van der Waals surface area contributed by atoms with Crippen molar-refractivity contribution < 1.29 is 9.90 Å². The van der Waals surface area contributed by atoms with Crippen LogP contribution < -0.4 is 0 Å². The third-order valence-corrected chi connectivity index (χ3v) is 3.31. The molecule has 4 heteroatoms. The SMILES string of the molecule is CN(C(=O)O)C1(S)CCCCC1. The molecule has 0 aromatic heterocycles. The number of carboxylic acid groups (broad SMARTS) is 1. The van der Waals surface area contributed by atoms with Crippen LogP contribution in [0.4, 0.5) is 4.79 Å². The molecular weight excluding hydrogens is 174 g/mol. The van der Waals surface area contributed by atoms with Gasteiger partial charge in [0.2, 0.25) is 0 Å². The molecule has 0 saturated heterocycles. The van der Waals surface area contributed by atoms with Gasteiger partial charge in [-0.3, -0.25) is 4.90 Å². The number of carbonyl (C=O) groups is 1. The van der Waals surface area contributed by atoms with Crippen molar-refractivity contribution in [3.63, 3.8) is 0 Å². The molecule has 3 nitrogen and oxygen atoms in total. The fourth-order valence-electron chi connectivity index (χ4n) is 1.63.